The van der Waals surface area contributed by atoms with Crippen LogP contribution in [0.5, 0.6) is 5.75 Å². The lowest BCUT2D eigenvalue weighted by atomic mass is 9.82. The van der Waals surface area contributed by atoms with Gasteiger partial charge in [0.1, 0.15) is 22.6 Å². The minimum Gasteiger partial charge on any atom is -0.492 e. The number of benzene rings is 1. The summed E-state index contributed by atoms with van der Waals surface area (Å²) in [4.78, 5) is 14.7. The van der Waals surface area contributed by atoms with Crippen molar-refractivity contribution in [3.63, 3.8) is 0 Å². The molecule has 0 spiro atoms. The Balaban J connectivity index is 1.25. The van der Waals surface area contributed by atoms with E-state index in [1.807, 2.05) is 4.90 Å². The highest BCUT2D eigenvalue weighted by Gasteiger charge is 2.45. The third-order valence-electron chi connectivity index (χ3n) is 6.82. The molecule has 12 heteroatoms. The van der Waals surface area contributed by atoms with Gasteiger partial charge in [0.05, 0.1) is 17.8 Å². The smallest absolute Gasteiger partial charge is 0.248 e. The van der Waals surface area contributed by atoms with Crippen molar-refractivity contribution in [2.45, 2.75) is 37.3 Å². The van der Waals surface area contributed by atoms with Crippen LogP contribution in [0.3, 0.4) is 0 Å². The molecule has 184 valence electrons. The van der Waals surface area contributed by atoms with Crippen molar-refractivity contribution in [2.24, 2.45) is 5.92 Å². The van der Waals surface area contributed by atoms with Crippen LogP contribution in [0.1, 0.15) is 19.3 Å². The number of rotatable bonds is 6. The molecule has 4 heterocycles. The van der Waals surface area contributed by atoms with E-state index in [-0.39, 0.29) is 65.0 Å². The molecule has 0 amide bonds. The van der Waals surface area contributed by atoms with Crippen molar-refractivity contribution in [1.82, 2.24) is 20.3 Å². The number of halogens is 5. The van der Waals surface area contributed by atoms with Crippen molar-refractivity contribution in [1.29, 1.82) is 0 Å². The number of piperazine rings is 1. The average molecular weight is 509 g/mol. The molecule has 2 atom stereocenters. The van der Waals surface area contributed by atoms with Crippen LogP contribution in [0.4, 0.5) is 34.9 Å². The van der Waals surface area contributed by atoms with E-state index >= 15 is 4.39 Å². The van der Waals surface area contributed by atoms with Crippen molar-refractivity contribution in [3.8, 4) is 5.75 Å². The number of fused-ring (bicyclic) bond motifs is 3. The fraction of sp³-hybridized carbons (Fsp3) is 0.435. The first-order valence-corrected chi connectivity index (χ1v) is 11.7. The number of hydrogen-bond acceptors (Lipinski definition) is 7. The Morgan fingerprint density at radius 1 is 1.23 bits per heavy atom. The molecular formula is C23H21ClF4N6O. The number of pyridine rings is 1. The minimum absolute atomic E-state index is 0.00892. The average Bonchev–Trinajstić information content (AvgIpc) is 3.44. The van der Waals surface area contributed by atoms with E-state index in [1.54, 1.807) is 0 Å². The summed E-state index contributed by atoms with van der Waals surface area (Å²) in [7, 11) is 0. The van der Waals surface area contributed by atoms with Crippen molar-refractivity contribution in [3.05, 3.63) is 41.2 Å². The van der Waals surface area contributed by atoms with E-state index in [0.717, 1.165) is 13.0 Å². The third-order valence-corrected chi connectivity index (χ3v) is 7.18. The Hall–Kier alpha value is -2.92. The summed E-state index contributed by atoms with van der Waals surface area (Å²) in [5.41, 5.74) is 0.575. The van der Waals surface area contributed by atoms with Crippen LogP contribution in [0.15, 0.2) is 24.5 Å². The summed E-state index contributed by atoms with van der Waals surface area (Å²) in [6, 6.07) is 4.64. The molecule has 2 aliphatic heterocycles. The van der Waals surface area contributed by atoms with E-state index in [9.17, 15) is 13.2 Å². The molecule has 0 unspecified atom stereocenters. The number of alkyl halides is 2. The zero-order chi connectivity index (χ0) is 24.3. The van der Waals surface area contributed by atoms with Gasteiger partial charge < -0.3 is 20.3 Å². The zero-order valence-electron chi connectivity index (χ0n) is 18.4. The van der Waals surface area contributed by atoms with Crippen LogP contribution in [0.25, 0.3) is 11.0 Å². The van der Waals surface area contributed by atoms with Crippen LogP contribution < -0.4 is 20.3 Å². The Labute approximate surface area is 202 Å². The first-order valence-electron chi connectivity index (χ1n) is 11.3. The summed E-state index contributed by atoms with van der Waals surface area (Å²) < 4.78 is 61.4. The van der Waals surface area contributed by atoms with Gasteiger partial charge in [-0.05, 0) is 18.6 Å². The molecule has 2 aromatic heterocycles. The largest absolute Gasteiger partial charge is 0.492 e. The fourth-order valence-electron chi connectivity index (χ4n) is 5.04. The number of nitrogens with zero attached hydrogens (tertiary/aromatic N) is 4. The summed E-state index contributed by atoms with van der Waals surface area (Å²) >= 11 is 6.15. The Kier molecular flexibility index (Phi) is 5.37. The first-order chi connectivity index (χ1) is 16.8. The second-order valence-corrected chi connectivity index (χ2v) is 9.71. The molecule has 35 heavy (non-hydrogen) atoms. The molecular weight excluding hydrogens is 488 g/mol. The molecule has 2 N–H and O–H groups in total. The van der Waals surface area contributed by atoms with Gasteiger partial charge in [0.15, 0.2) is 23.3 Å². The van der Waals surface area contributed by atoms with Gasteiger partial charge in [0.25, 0.3) is 0 Å². The van der Waals surface area contributed by atoms with Gasteiger partial charge in [0, 0.05) is 50.0 Å². The van der Waals surface area contributed by atoms with Crippen molar-refractivity contribution in [2.75, 3.05) is 29.9 Å². The zero-order valence-corrected chi connectivity index (χ0v) is 19.1. The predicted molar refractivity (Wildman–Crippen MR) is 123 cm³/mol. The standard InChI is InChI=1S/C23H21ClF4N6O/c24-18-17(35-9-11-5-23(27,28)6-11)2-1-15(19(18)26)32-21-20-16(30-10-31-21)4-14(25)22(33-20)34-8-12-3-13(34)7-29-12/h1-2,4,10-13,29H,3,5-9H2,(H,30,31,32)/t12-,13-/m0/s1. The van der Waals surface area contributed by atoms with Crippen LogP contribution in [0.2, 0.25) is 5.02 Å². The maximum atomic E-state index is 15.0. The second kappa shape index (κ2) is 8.34. The van der Waals surface area contributed by atoms with E-state index in [2.05, 4.69) is 25.6 Å². The number of anilines is 3. The third kappa shape index (κ3) is 4.10. The molecule has 2 saturated heterocycles. The lowest BCUT2D eigenvalue weighted by Crippen LogP contribution is -2.44. The van der Waals surface area contributed by atoms with Gasteiger partial charge in [-0.15, -0.1) is 0 Å². The molecule has 3 aromatic rings. The van der Waals surface area contributed by atoms with E-state index in [1.165, 1.54) is 24.5 Å². The Morgan fingerprint density at radius 2 is 2.06 bits per heavy atom. The molecule has 7 nitrogen and oxygen atoms in total. The number of nitrogens with one attached hydrogen (secondary N) is 2. The molecule has 6 rings (SSSR count). The van der Waals surface area contributed by atoms with Gasteiger partial charge >= 0.3 is 0 Å². The summed E-state index contributed by atoms with van der Waals surface area (Å²) in [6.07, 6.45) is 1.66. The Bertz CT molecular complexity index is 1300. The maximum Gasteiger partial charge on any atom is 0.248 e. The lowest BCUT2D eigenvalue weighted by molar-refractivity contribution is -0.119. The van der Waals surface area contributed by atoms with Gasteiger partial charge in [-0.2, -0.15) is 0 Å². The summed E-state index contributed by atoms with van der Waals surface area (Å²) in [5, 5.41) is 5.96. The van der Waals surface area contributed by atoms with Gasteiger partial charge in [0.2, 0.25) is 5.92 Å². The molecule has 1 saturated carbocycles. The monoisotopic (exact) mass is 508 g/mol. The molecule has 2 bridgehead atoms. The first kappa shape index (κ1) is 22.5. The molecule has 3 aliphatic rings. The highest BCUT2D eigenvalue weighted by atomic mass is 35.5. The SMILES string of the molecule is Fc1cc2ncnc(Nc3ccc(OCC4CC(F)(F)C4)c(Cl)c3F)c2nc1N1C[C@@H]2C[C@H]1CN2. The van der Waals surface area contributed by atoms with E-state index in [4.69, 9.17) is 16.3 Å². The highest BCUT2D eigenvalue weighted by molar-refractivity contribution is 6.32. The number of hydrogen-bond donors (Lipinski definition) is 2. The normalized spacial score (nSPS) is 23.1. The predicted octanol–water partition coefficient (Wildman–Crippen LogP) is 4.67. The number of ether oxygens (including phenoxy) is 1. The molecule has 0 radical (unpaired) electrons. The van der Waals surface area contributed by atoms with Gasteiger partial charge in [-0.1, -0.05) is 11.6 Å². The minimum atomic E-state index is -2.65. The highest BCUT2D eigenvalue weighted by Crippen LogP contribution is 2.43. The molecule has 1 aromatic carbocycles. The summed E-state index contributed by atoms with van der Waals surface area (Å²) in [6.45, 7) is 1.45. The van der Waals surface area contributed by atoms with Crippen LogP contribution in [-0.4, -0.2) is 52.7 Å². The Morgan fingerprint density at radius 3 is 2.77 bits per heavy atom. The van der Waals surface area contributed by atoms with E-state index in [0.29, 0.717) is 18.1 Å². The number of aromatic nitrogens is 3. The lowest BCUT2D eigenvalue weighted by Gasteiger charge is -2.34. The van der Waals surface area contributed by atoms with Crippen LogP contribution in [-0.2, 0) is 0 Å². The summed E-state index contributed by atoms with van der Waals surface area (Å²) in [5.74, 6) is -3.74. The molecule has 3 fully saturated rings. The van der Waals surface area contributed by atoms with Crippen LogP contribution >= 0.6 is 11.6 Å². The van der Waals surface area contributed by atoms with Crippen LogP contribution in [0, 0.1) is 17.6 Å². The topological polar surface area (TPSA) is 75.2 Å². The molecule has 1 aliphatic carbocycles. The quantitative estimate of drug-likeness (QED) is 0.468. The van der Waals surface area contributed by atoms with Gasteiger partial charge in [-0.3, -0.25) is 0 Å². The second-order valence-electron chi connectivity index (χ2n) is 9.34. The van der Waals surface area contributed by atoms with Crippen molar-refractivity contribution >= 4 is 40.0 Å². The fourth-order valence-corrected chi connectivity index (χ4v) is 5.26. The van der Waals surface area contributed by atoms with Crippen molar-refractivity contribution < 1.29 is 22.3 Å². The maximum absolute atomic E-state index is 15.0. The van der Waals surface area contributed by atoms with E-state index < -0.39 is 17.6 Å². The van der Waals surface area contributed by atoms with Gasteiger partial charge in [-0.25, -0.2) is 32.5 Å².